The van der Waals surface area contributed by atoms with Crippen molar-refractivity contribution in [1.29, 1.82) is 0 Å². The van der Waals surface area contributed by atoms with Gasteiger partial charge in [-0.05, 0) is 4.57 Å². The molecule has 7 heavy (non-hydrogen) atoms. The summed E-state index contributed by atoms with van der Waals surface area (Å²) < 4.78 is 13.1. The van der Waals surface area contributed by atoms with Crippen LogP contribution in [0.5, 0.6) is 0 Å². The Labute approximate surface area is 54.5 Å². The predicted octanol–water partition coefficient (Wildman–Crippen LogP) is -2.83. The summed E-state index contributed by atoms with van der Waals surface area (Å²) in [5.41, 5.74) is 0. The second kappa shape index (κ2) is 6.20. The van der Waals surface area contributed by atoms with Crippen molar-refractivity contribution in [2.75, 3.05) is 0 Å². The van der Waals surface area contributed by atoms with Gasteiger partial charge >= 0.3 is 27.1 Å². The molecular weight excluding hydrogens is 110 g/mol. The molecular formula is C2H3LiO3P+. The summed E-state index contributed by atoms with van der Waals surface area (Å²) in [5, 5.41) is 0. The van der Waals surface area contributed by atoms with E-state index < -0.39 is 8.25 Å². The Morgan fingerprint density at radius 1 is 1.86 bits per heavy atom. The van der Waals surface area contributed by atoms with Gasteiger partial charge in [0.15, 0.2) is 0 Å². The SMILES string of the molecule is C=CO[P+](=O)[O-].[Li+]. The van der Waals surface area contributed by atoms with Gasteiger partial charge in [-0.2, -0.15) is 0 Å². The molecule has 0 amide bonds. The van der Waals surface area contributed by atoms with Crippen molar-refractivity contribution >= 4 is 8.25 Å². The van der Waals surface area contributed by atoms with Crippen molar-refractivity contribution < 1.29 is 32.8 Å². The molecule has 0 aliphatic carbocycles. The molecule has 1 atom stereocenters. The zero-order chi connectivity index (χ0) is 4.99. The van der Waals surface area contributed by atoms with Crippen LogP contribution in [-0.4, -0.2) is 0 Å². The third-order valence-corrected chi connectivity index (χ3v) is 0.482. The van der Waals surface area contributed by atoms with Crippen LogP contribution < -0.4 is 23.8 Å². The molecule has 0 aliphatic rings. The van der Waals surface area contributed by atoms with Crippen molar-refractivity contribution in [2.45, 2.75) is 0 Å². The molecule has 34 valence electrons. The molecule has 5 heteroatoms. The quantitative estimate of drug-likeness (QED) is 0.220. The second-order valence-corrected chi connectivity index (χ2v) is 1.15. The summed E-state index contributed by atoms with van der Waals surface area (Å²) >= 11 is 0. The molecule has 0 rings (SSSR count). The van der Waals surface area contributed by atoms with Gasteiger partial charge in [0.05, 0.1) is 0 Å². The summed E-state index contributed by atoms with van der Waals surface area (Å²) in [4.78, 5) is 9.34. The van der Waals surface area contributed by atoms with Crippen molar-refractivity contribution in [3.63, 3.8) is 0 Å². The van der Waals surface area contributed by atoms with E-state index in [4.69, 9.17) is 0 Å². The molecule has 0 aliphatic heterocycles. The first kappa shape index (κ1) is 10.2. The smallest absolute Gasteiger partial charge is 0.558 e. The van der Waals surface area contributed by atoms with Gasteiger partial charge in [0, 0.05) is 0 Å². The van der Waals surface area contributed by atoms with Crippen LogP contribution in [0.15, 0.2) is 12.8 Å². The Morgan fingerprint density at radius 2 is 2.29 bits per heavy atom. The van der Waals surface area contributed by atoms with Crippen LogP contribution in [0.2, 0.25) is 0 Å². The maximum absolute atomic E-state index is 9.34. The molecule has 0 saturated heterocycles. The average molecular weight is 113 g/mol. The van der Waals surface area contributed by atoms with Crippen LogP contribution in [0.1, 0.15) is 0 Å². The minimum atomic E-state index is -2.72. The Balaban J connectivity index is 0. The Kier molecular flexibility index (Phi) is 9.06. The number of hydrogen-bond donors (Lipinski definition) is 0. The number of hydrogen-bond acceptors (Lipinski definition) is 3. The minimum absolute atomic E-state index is 0. The van der Waals surface area contributed by atoms with Crippen molar-refractivity contribution in [1.82, 2.24) is 0 Å². The minimum Gasteiger partial charge on any atom is -0.558 e. The van der Waals surface area contributed by atoms with Crippen LogP contribution >= 0.6 is 8.25 Å². The first-order valence-electron chi connectivity index (χ1n) is 1.19. The normalized spacial score (nSPS) is 8.43. The topological polar surface area (TPSA) is 49.4 Å². The second-order valence-electron chi connectivity index (χ2n) is 0.496. The van der Waals surface area contributed by atoms with Crippen LogP contribution in [0.4, 0.5) is 0 Å². The summed E-state index contributed by atoms with van der Waals surface area (Å²) in [6.07, 6.45) is 0.853. The fourth-order valence-electron chi connectivity index (χ4n) is 0.0609. The largest absolute Gasteiger partial charge is 1.00 e. The maximum atomic E-state index is 9.34. The molecule has 0 bridgehead atoms. The van der Waals surface area contributed by atoms with E-state index in [0.29, 0.717) is 0 Å². The van der Waals surface area contributed by atoms with E-state index in [9.17, 15) is 9.46 Å². The van der Waals surface area contributed by atoms with Crippen LogP contribution in [0.25, 0.3) is 0 Å². The van der Waals surface area contributed by atoms with Gasteiger partial charge in [-0.25, -0.2) is 0 Å². The summed E-state index contributed by atoms with van der Waals surface area (Å²) in [6, 6.07) is 0. The summed E-state index contributed by atoms with van der Waals surface area (Å²) in [6.45, 7) is 2.99. The molecule has 0 saturated carbocycles. The van der Waals surface area contributed by atoms with Gasteiger partial charge in [0.2, 0.25) is 0 Å². The van der Waals surface area contributed by atoms with E-state index in [1.807, 2.05) is 0 Å². The molecule has 0 aromatic rings. The average Bonchev–Trinajstić information content (AvgIpc) is 1.35. The molecule has 1 unspecified atom stereocenters. The summed E-state index contributed by atoms with van der Waals surface area (Å²) in [5.74, 6) is 0. The van der Waals surface area contributed by atoms with E-state index >= 15 is 0 Å². The molecule has 3 nitrogen and oxygen atoms in total. The Hall–Kier alpha value is 0.197. The zero-order valence-electron chi connectivity index (χ0n) is 3.96. The van der Waals surface area contributed by atoms with Gasteiger partial charge in [-0.15, -0.1) is 0 Å². The molecule has 0 fully saturated rings. The Morgan fingerprint density at radius 3 is 2.29 bits per heavy atom. The molecule has 0 spiro atoms. The van der Waals surface area contributed by atoms with Crippen LogP contribution in [0.3, 0.4) is 0 Å². The third-order valence-electron chi connectivity index (χ3n) is 0.161. The van der Waals surface area contributed by atoms with E-state index in [1.165, 1.54) is 0 Å². The maximum Gasteiger partial charge on any atom is 1.00 e. The standard InChI is InChI=1S/C2H3O3P.Li/c1-2-5-6(3)4;/h2H,1H2;/q;+1. The fourth-order valence-corrected chi connectivity index (χ4v) is 0.183. The molecule has 0 aromatic carbocycles. The first-order chi connectivity index (χ1) is 2.77. The first-order valence-corrected chi connectivity index (χ1v) is 2.29. The van der Waals surface area contributed by atoms with E-state index in [0.717, 1.165) is 6.26 Å². The molecule has 0 aromatic heterocycles. The van der Waals surface area contributed by atoms with Gasteiger partial charge < -0.3 is 4.89 Å². The fraction of sp³-hybridized carbons (Fsp3) is 0. The van der Waals surface area contributed by atoms with E-state index in [-0.39, 0.29) is 18.9 Å². The van der Waals surface area contributed by atoms with E-state index in [1.54, 1.807) is 0 Å². The third kappa shape index (κ3) is 10.7. The van der Waals surface area contributed by atoms with Gasteiger partial charge in [-0.1, -0.05) is 6.58 Å². The van der Waals surface area contributed by atoms with Crippen molar-refractivity contribution in [3.05, 3.63) is 12.8 Å². The van der Waals surface area contributed by atoms with Crippen LogP contribution in [-0.2, 0) is 9.09 Å². The van der Waals surface area contributed by atoms with Crippen molar-refractivity contribution in [2.24, 2.45) is 0 Å². The Bertz CT molecular complexity index is 73.3. The van der Waals surface area contributed by atoms with E-state index in [2.05, 4.69) is 11.1 Å². The molecule has 0 N–H and O–H groups in total. The molecule has 0 radical (unpaired) electrons. The van der Waals surface area contributed by atoms with Crippen LogP contribution in [0, 0.1) is 0 Å². The van der Waals surface area contributed by atoms with Gasteiger partial charge in [0.25, 0.3) is 0 Å². The number of rotatable bonds is 2. The predicted molar refractivity (Wildman–Crippen MR) is 18.9 cm³/mol. The van der Waals surface area contributed by atoms with Gasteiger partial charge in [0.1, 0.15) is 6.26 Å². The van der Waals surface area contributed by atoms with Gasteiger partial charge in [-0.3, -0.25) is 4.52 Å². The monoisotopic (exact) mass is 113 g/mol. The van der Waals surface area contributed by atoms with Crippen molar-refractivity contribution in [3.8, 4) is 0 Å². The zero-order valence-corrected chi connectivity index (χ0v) is 4.85. The molecule has 0 heterocycles. The summed E-state index contributed by atoms with van der Waals surface area (Å²) in [7, 11) is -2.72.